The Hall–Kier alpha value is -1.06. The number of hydrogen-bond donors (Lipinski definition) is 2. The van der Waals surface area contributed by atoms with E-state index in [2.05, 4.69) is 24.4 Å². The molecule has 1 aromatic rings. The molecule has 0 saturated heterocycles. The zero-order valence-corrected chi connectivity index (χ0v) is 10.9. The van der Waals surface area contributed by atoms with Gasteiger partial charge < -0.3 is 15.8 Å². The maximum Gasteiger partial charge on any atom is 0.119 e. The monoisotopic (exact) mass is 236 g/mol. The van der Waals surface area contributed by atoms with Crippen LogP contribution in [-0.2, 0) is 6.54 Å². The highest BCUT2D eigenvalue weighted by molar-refractivity contribution is 5.27. The van der Waals surface area contributed by atoms with Gasteiger partial charge in [-0.05, 0) is 43.6 Å². The van der Waals surface area contributed by atoms with Crippen molar-refractivity contribution in [1.82, 2.24) is 5.32 Å². The van der Waals surface area contributed by atoms with Crippen LogP contribution in [-0.4, -0.2) is 19.7 Å². The number of hydrogen-bond acceptors (Lipinski definition) is 3. The Morgan fingerprint density at radius 2 is 1.94 bits per heavy atom. The van der Waals surface area contributed by atoms with E-state index in [9.17, 15) is 0 Å². The van der Waals surface area contributed by atoms with Crippen LogP contribution in [0.25, 0.3) is 0 Å². The summed E-state index contributed by atoms with van der Waals surface area (Å²) in [7, 11) is 0. The average Bonchev–Trinajstić information content (AvgIpc) is 2.37. The predicted molar refractivity (Wildman–Crippen MR) is 72.2 cm³/mol. The standard InChI is InChI=1S/C14H24N2O/c1-3-12(9-15)10-16-11-13-5-7-14(8-6-13)17-4-2/h5-8,12,16H,3-4,9-11,15H2,1-2H3. The molecule has 3 nitrogen and oxygen atoms in total. The summed E-state index contributed by atoms with van der Waals surface area (Å²) in [5, 5.41) is 3.43. The lowest BCUT2D eigenvalue weighted by Gasteiger charge is -2.13. The summed E-state index contributed by atoms with van der Waals surface area (Å²) in [6, 6.07) is 8.23. The van der Waals surface area contributed by atoms with E-state index in [1.54, 1.807) is 0 Å². The molecule has 0 aromatic heterocycles. The molecule has 0 aliphatic carbocycles. The van der Waals surface area contributed by atoms with Crippen molar-refractivity contribution < 1.29 is 4.74 Å². The molecule has 3 N–H and O–H groups in total. The van der Waals surface area contributed by atoms with Gasteiger partial charge in [0.05, 0.1) is 6.61 Å². The summed E-state index contributed by atoms with van der Waals surface area (Å²) in [5.41, 5.74) is 6.94. The first kappa shape index (κ1) is 14.0. The Morgan fingerprint density at radius 3 is 2.47 bits per heavy atom. The number of nitrogens with one attached hydrogen (secondary N) is 1. The zero-order chi connectivity index (χ0) is 12.5. The van der Waals surface area contributed by atoms with Crippen LogP contribution in [0.3, 0.4) is 0 Å². The summed E-state index contributed by atoms with van der Waals surface area (Å²) in [6.07, 6.45) is 1.13. The number of ether oxygens (including phenoxy) is 1. The van der Waals surface area contributed by atoms with Gasteiger partial charge in [0, 0.05) is 6.54 Å². The van der Waals surface area contributed by atoms with E-state index >= 15 is 0 Å². The second kappa shape index (κ2) is 8.09. The molecule has 17 heavy (non-hydrogen) atoms. The van der Waals surface area contributed by atoms with Gasteiger partial charge in [-0.15, -0.1) is 0 Å². The molecule has 1 aromatic carbocycles. The van der Waals surface area contributed by atoms with Crippen molar-refractivity contribution in [3.8, 4) is 5.75 Å². The minimum Gasteiger partial charge on any atom is -0.494 e. The molecular weight excluding hydrogens is 212 g/mol. The fourth-order valence-electron chi connectivity index (χ4n) is 1.69. The number of benzene rings is 1. The summed E-state index contributed by atoms with van der Waals surface area (Å²) in [6.45, 7) is 7.52. The molecule has 1 atom stereocenters. The van der Waals surface area contributed by atoms with Crippen molar-refractivity contribution in [2.45, 2.75) is 26.8 Å². The predicted octanol–water partition coefficient (Wildman–Crippen LogP) is 2.16. The van der Waals surface area contributed by atoms with E-state index in [1.807, 2.05) is 19.1 Å². The third-order valence-corrected chi connectivity index (χ3v) is 2.91. The minimum absolute atomic E-state index is 0.581. The molecule has 0 bridgehead atoms. The summed E-state index contributed by atoms with van der Waals surface area (Å²) >= 11 is 0. The smallest absolute Gasteiger partial charge is 0.119 e. The lowest BCUT2D eigenvalue weighted by atomic mass is 10.1. The van der Waals surface area contributed by atoms with Gasteiger partial charge in [0.15, 0.2) is 0 Å². The lowest BCUT2D eigenvalue weighted by Crippen LogP contribution is -2.27. The molecular formula is C14H24N2O. The Bertz CT molecular complexity index is 294. The quantitative estimate of drug-likeness (QED) is 0.727. The molecule has 1 rings (SSSR count). The van der Waals surface area contributed by atoms with Crippen molar-refractivity contribution in [3.05, 3.63) is 29.8 Å². The topological polar surface area (TPSA) is 47.3 Å². The van der Waals surface area contributed by atoms with Crippen molar-refractivity contribution in [3.63, 3.8) is 0 Å². The molecule has 0 aliphatic heterocycles. The van der Waals surface area contributed by atoms with Gasteiger partial charge in [-0.25, -0.2) is 0 Å². The Kier molecular flexibility index (Phi) is 6.67. The van der Waals surface area contributed by atoms with Gasteiger partial charge in [-0.3, -0.25) is 0 Å². The zero-order valence-electron chi connectivity index (χ0n) is 10.9. The SMILES string of the molecule is CCOc1ccc(CNCC(CC)CN)cc1. The average molecular weight is 236 g/mol. The van der Waals surface area contributed by atoms with Gasteiger partial charge in [0.1, 0.15) is 5.75 Å². The second-order valence-electron chi connectivity index (χ2n) is 4.22. The minimum atomic E-state index is 0.581. The maximum absolute atomic E-state index is 5.66. The summed E-state index contributed by atoms with van der Waals surface area (Å²) in [4.78, 5) is 0. The molecule has 0 saturated carbocycles. The molecule has 0 spiro atoms. The highest BCUT2D eigenvalue weighted by Gasteiger charge is 2.02. The van der Waals surface area contributed by atoms with Crippen molar-refractivity contribution in [1.29, 1.82) is 0 Å². The van der Waals surface area contributed by atoms with E-state index in [0.717, 1.165) is 31.8 Å². The van der Waals surface area contributed by atoms with Gasteiger partial charge in [0.2, 0.25) is 0 Å². The normalized spacial score (nSPS) is 12.4. The third kappa shape index (κ3) is 5.20. The Labute approximate surface area is 104 Å². The van der Waals surface area contributed by atoms with E-state index in [4.69, 9.17) is 10.5 Å². The Morgan fingerprint density at radius 1 is 1.24 bits per heavy atom. The first-order chi connectivity index (χ1) is 8.30. The van der Waals surface area contributed by atoms with Crippen LogP contribution in [0.2, 0.25) is 0 Å². The van der Waals surface area contributed by atoms with Gasteiger partial charge in [-0.2, -0.15) is 0 Å². The van der Waals surface area contributed by atoms with Crippen molar-refractivity contribution >= 4 is 0 Å². The van der Waals surface area contributed by atoms with Crippen LogP contribution in [0.1, 0.15) is 25.8 Å². The molecule has 0 aliphatic rings. The molecule has 96 valence electrons. The van der Waals surface area contributed by atoms with E-state index in [0.29, 0.717) is 12.5 Å². The summed E-state index contributed by atoms with van der Waals surface area (Å²) in [5.74, 6) is 1.52. The van der Waals surface area contributed by atoms with Crippen LogP contribution in [0.15, 0.2) is 24.3 Å². The van der Waals surface area contributed by atoms with Crippen molar-refractivity contribution in [2.24, 2.45) is 11.7 Å². The van der Waals surface area contributed by atoms with Crippen LogP contribution in [0.5, 0.6) is 5.75 Å². The maximum atomic E-state index is 5.66. The number of nitrogens with two attached hydrogens (primary N) is 1. The number of rotatable bonds is 8. The molecule has 0 heterocycles. The van der Waals surface area contributed by atoms with E-state index in [-0.39, 0.29) is 0 Å². The fraction of sp³-hybridized carbons (Fsp3) is 0.571. The molecule has 1 unspecified atom stereocenters. The summed E-state index contributed by atoms with van der Waals surface area (Å²) < 4.78 is 5.40. The van der Waals surface area contributed by atoms with Crippen LogP contribution in [0.4, 0.5) is 0 Å². The molecule has 0 amide bonds. The van der Waals surface area contributed by atoms with E-state index < -0.39 is 0 Å². The Balaban J connectivity index is 2.31. The van der Waals surface area contributed by atoms with Crippen molar-refractivity contribution in [2.75, 3.05) is 19.7 Å². The van der Waals surface area contributed by atoms with Crippen LogP contribution in [0, 0.1) is 5.92 Å². The van der Waals surface area contributed by atoms with Gasteiger partial charge in [-0.1, -0.05) is 25.5 Å². The highest BCUT2D eigenvalue weighted by Crippen LogP contribution is 2.11. The molecule has 0 radical (unpaired) electrons. The first-order valence-corrected chi connectivity index (χ1v) is 6.42. The van der Waals surface area contributed by atoms with E-state index in [1.165, 1.54) is 5.56 Å². The van der Waals surface area contributed by atoms with Gasteiger partial charge in [0.25, 0.3) is 0 Å². The molecule has 3 heteroatoms. The fourth-order valence-corrected chi connectivity index (χ4v) is 1.69. The second-order valence-corrected chi connectivity index (χ2v) is 4.22. The lowest BCUT2D eigenvalue weighted by molar-refractivity contribution is 0.340. The van der Waals surface area contributed by atoms with Crippen LogP contribution < -0.4 is 15.8 Å². The molecule has 0 fully saturated rings. The first-order valence-electron chi connectivity index (χ1n) is 6.42. The third-order valence-electron chi connectivity index (χ3n) is 2.91. The van der Waals surface area contributed by atoms with Crippen LogP contribution >= 0.6 is 0 Å². The van der Waals surface area contributed by atoms with Gasteiger partial charge >= 0.3 is 0 Å². The highest BCUT2D eigenvalue weighted by atomic mass is 16.5. The largest absolute Gasteiger partial charge is 0.494 e.